The van der Waals surface area contributed by atoms with Crippen LogP contribution >= 0.6 is 0 Å². The second-order valence-electron chi connectivity index (χ2n) is 6.88. The van der Waals surface area contributed by atoms with Crippen LogP contribution in [-0.4, -0.2) is 32.1 Å². The van der Waals surface area contributed by atoms with E-state index in [0.29, 0.717) is 11.1 Å². The highest BCUT2D eigenvalue weighted by molar-refractivity contribution is 7.87. The summed E-state index contributed by atoms with van der Waals surface area (Å²) in [5, 5.41) is 14.6. The predicted octanol–water partition coefficient (Wildman–Crippen LogP) is 3.45. The first kappa shape index (κ1) is 24.4. The lowest BCUT2D eigenvalue weighted by Gasteiger charge is -2.12. The lowest BCUT2D eigenvalue weighted by Crippen LogP contribution is -2.19. The molecule has 0 spiro atoms. The minimum atomic E-state index is -4.04. The van der Waals surface area contributed by atoms with Crippen molar-refractivity contribution < 1.29 is 27.1 Å². The molecule has 11 heteroatoms. The summed E-state index contributed by atoms with van der Waals surface area (Å²) in [4.78, 5) is 22.3. The molecule has 34 heavy (non-hydrogen) atoms. The third-order valence-corrected chi connectivity index (χ3v) is 5.66. The molecule has 0 atom stereocenters. The van der Waals surface area contributed by atoms with Crippen molar-refractivity contribution in [1.29, 1.82) is 0 Å². The monoisotopic (exact) mass is 483 g/mol. The standard InChI is InChI=1S/C23H21N3O7S/c1-2-32-22-14-18(10-13-21(22)33-34(30,31)20-6-4-3-5-7-20)16-24-25-23(27)15-17-8-11-19(12-9-17)26(28)29/h3-14,16H,2,15H2,1H3,(H,25,27)/b24-16-. The number of hydrogen-bond acceptors (Lipinski definition) is 8. The van der Waals surface area contributed by atoms with Crippen molar-refractivity contribution >= 4 is 27.9 Å². The molecule has 176 valence electrons. The second-order valence-corrected chi connectivity index (χ2v) is 8.43. The number of hydrazone groups is 1. The lowest BCUT2D eigenvalue weighted by molar-refractivity contribution is -0.384. The molecule has 0 saturated carbocycles. The fourth-order valence-electron chi connectivity index (χ4n) is 2.83. The Balaban J connectivity index is 1.66. The molecule has 0 saturated heterocycles. The fraction of sp³-hybridized carbons (Fsp3) is 0.130. The van der Waals surface area contributed by atoms with Gasteiger partial charge in [0.15, 0.2) is 11.5 Å². The third-order valence-electron chi connectivity index (χ3n) is 4.41. The molecule has 0 aliphatic heterocycles. The summed E-state index contributed by atoms with van der Waals surface area (Å²) >= 11 is 0. The van der Waals surface area contributed by atoms with Gasteiger partial charge in [-0.2, -0.15) is 13.5 Å². The molecule has 0 aliphatic rings. The summed E-state index contributed by atoms with van der Waals surface area (Å²) < 4.78 is 35.8. The number of nitro groups is 1. The lowest BCUT2D eigenvalue weighted by atomic mass is 10.1. The number of amides is 1. The highest BCUT2D eigenvalue weighted by Crippen LogP contribution is 2.30. The van der Waals surface area contributed by atoms with E-state index in [2.05, 4.69) is 10.5 Å². The summed E-state index contributed by atoms with van der Waals surface area (Å²) in [7, 11) is -4.04. The van der Waals surface area contributed by atoms with E-state index in [9.17, 15) is 23.3 Å². The zero-order valence-corrected chi connectivity index (χ0v) is 18.9. The molecular weight excluding hydrogens is 462 g/mol. The molecule has 1 amide bonds. The maximum Gasteiger partial charge on any atom is 0.339 e. The Kier molecular flexibility index (Phi) is 7.93. The van der Waals surface area contributed by atoms with Gasteiger partial charge >= 0.3 is 10.1 Å². The molecule has 3 aromatic rings. The number of nitrogens with zero attached hydrogens (tertiary/aromatic N) is 2. The smallest absolute Gasteiger partial charge is 0.339 e. The predicted molar refractivity (Wildman–Crippen MR) is 124 cm³/mol. The third kappa shape index (κ3) is 6.62. The van der Waals surface area contributed by atoms with E-state index in [0.717, 1.165) is 0 Å². The maximum atomic E-state index is 12.5. The number of carbonyl (C=O) groups is 1. The maximum absolute atomic E-state index is 12.5. The Morgan fingerprint density at radius 1 is 1.06 bits per heavy atom. The fourth-order valence-corrected chi connectivity index (χ4v) is 3.80. The van der Waals surface area contributed by atoms with Crippen molar-refractivity contribution in [2.75, 3.05) is 6.61 Å². The van der Waals surface area contributed by atoms with Gasteiger partial charge in [0.2, 0.25) is 5.91 Å². The van der Waals surface area contributed by atoms with Crippen molar-refractivity contribution in [2.45, 2.75) is 18.2 Å². The van der Waals surface area contributed by atoms with Gasteiger partial charge in [0.05, 0.1) is 24.2 Å². The van der Waals surface area contributed by atoms with E-state index in [4.69, 9.17) is 8.92 Å². The van der Waals surface area contributed by atoms with Gasteiger partial charge in [-0.25, -0.2) is 5.43 Å². The number of nitro benzene ring substituents is 1. The van der Waals surface area contributed by atoms with E-state index < -0.39 is 20.9 Å². The van der Waals surface area contributed by atoms with Gasteiger partial charge in [0.1, 0.15) is 4.90 Å². The van der Waals surface area contributed by atoms with E-state index in [1.54, 1.807) is 31.2 Å². The molecule has 0 bridgehead atoms. The van der Waals surface area contributed by atoms with Gasteiger partial charge < -0.3 is 8.92 Å². The van der Waals surface area contributed by atoms with Crippen LogP contribution in [0.2, 0.25) is 0 Å². The van der Waals surface area contributed by atoms with Gasteiger partial charge in [0, 0.05) is 12.1 Å². The molecule has 10 nitrogen and oxygen atoms in total. The number of hydrogen-bond donors (Lipinski definition) is 1. The summed E-state index contributed by atoms with van der Waals surface area (Å²) in [5.74, 6) is -0.197. The molecule has 0 radical (unpaired) electrons. The number of nitrogens with one attached hydrogen (secondary N) is 1. The average Bonchev–Trinajstić information content (AvgIpc) is 2.81. The number of carbonyl (C=O) groups excluding carboxylic acids is 1. The normalized spacial score (nSPS) is 11.2. The summed E-state index contributed by atoms with van der Waals surface area (Å²) in [6.07, 6.45) is 1.36. The SMILES string of the molecule is CCOc1cc(/C=N\NC(=O)Cc2ccc([N+](=O)[O-])cc2)ccc1OS(=O)(=O)c1ccccc1. The quantitative estimate of drug-likeness (QED) is 0.202. The van der Waals surface area contributed by atoms with Crippen LogP contribution in [0.25, 0.3) is 0 Å². The first-order chi connectivity index (χ1) is 16.3. The molecule has 0 unspecified atom stereocenters. The van der Waals surface area contributed by atoms with Crippen LogP contribution < -0.4 is 14.3 Å². The average molecular weight is 484 g/mol. The van der Waals surface area contributed by atoms with Gasteiger partial charge in [-0.1, -0.05) is 30.3 Å². The van der Waals surface area contributed by atoms with E-state index >= 15 is 0 Å². The second kappa shape index (κ2) is 11.1. The van der Waals surface area contributed by atoms with Crippen molar-refractivity contribution in [2.24, 2.45) is 5.10 Å². The van der Waals surface area contributed by atoms with E-state index in [-0.39, 0.29) is 35.1 Å². The zero-order valence-electron chi connectivity index (χ0n) is 18.1. The Bertz CT molecular complexity index is 1290. The zero-order chi connectivity index (χ0) is 24.6. The highest BCUT2D eigenvalue weighted by Gasteiger charge is 2.19. The van der Waals surface area contributed by atoms with Gasteiger partial charge in [0.25, 0.3) is 5.69 Å². The highest BCUT2D eigenvalue weighted by atomic mass is 32.2. The number of rotatable bonds is 10. The minimum Gasteiger partial charge on any atom is -0.490 e. The van der Waals surface area contributed by atoms with E-state index in [1.807, 2.05) is 0 Å². The molecule has 3 rings (SSSR count). The Morgan fingerprint density at radius 2 is 1.76 bits per heavy atom. The summed E-state index contributed by atoms with van der Waals surface area (Å²) in [5.41, 5.74) is 3.44. The van der Waals surface area contributed by atoms with Gasteiger partial charge in [-0.15, -0.1) is 0 Å². The molecule has 3 aromatic carbocycles. The van der Waals surface area contributed by atoms with Crippen molar-refractivity contribution in [1.82, 2.24) is 5.43 Å². The van der Waals surface area contributed by atoms with Gasteiger partial charge in [-0.3, -0.25) is 14.9 Å². The first-order valence-corrected chi connectivity index (χ1v) is 11.5. The summed E-state index contributed by atoms with van der Waals surface area (Å²) in [6.45, 7) is 2.02. The Hall–Kier alpha value is -4.25. The van der Waals surface area contributed by atoms with Crippen LogP contribution in [0.15, 0.2) is 82.8 Å². The number of ether oxygens (including phenoxy) is 1. The van der Waals surface area contributed by atoms with Crippen LogP contribution in [0, 0.1) is 10.1 Å². The van der Waals surface area contributed by atoms with Crippen molar-refractivity contribution in [3.63, 3.8) is 0 Å². The largest absolute Gasteiger partial charge is 0.490 e. The van der Waals surface area contributed by atoms with Crippen molar-refractivity contribution in [3.8, 4) is 11.5 Å². The van der Waals surface area contributed by atoms with Crippen LogP contribution in [0.4, 0.5) is 5.69 Å². The molecule has 0 heterocycles. The molecule has 0 fully saturated rings. The number of non-ortho nitro benzene ring substituents is 1. The first-order valence-electron chi connectivity index (χ1n) is 10.1. The minimum absolute atomic E-state index is 0.0103. The molecule has 1 N–H and O–H groups in total. The molecule has 0 aromatic heterocycles. The topological polar surface area (TPSA) is 137 Å². The van der Waals surface area contributed by atoms with Crippen LogP contribution in [-0.2, 0) is 21.3 Å². The van der Waals surface area contributed by atoms with E-state index in [1.165, 1.54) is 54.7 Å². The van der Waals surface area contributed by atoms with Crippen LogP contribution in [0.1, 0.15) is 18.1 Å². The Morgan fingerprint density at radius 3 is 2.41 bits per heavy atom. The molecule has 0 aliphatic carbocycles. The molecular formula is C23H21N3O7S. The number of benzene rings is 3. The van der Waals surface area contributed by atoms with Crippen LogP contribution in [0.3, 0.4) is 0 Å². The van der Waals surface area contributed by atoms with Crippen LogP contribution in [0.5, 0.6) is 11.5 Å². The Labute approximate surface area is 196 Å². The van der Waals surface area contributed by atoms with Crippen molar-refractivity contribution in [3.05, 3.63) is 94.0 Å². The van der Waals surface area contributed by atoms with Gasteiger partial charge in [-0.05, 0) is 48.4 Å². The summed E-state index contributed by atoms with van der Waals surface area (Å²) in [6, 6.07) is 17.9.